The van der Waals surface area contributed by atoms with Gasteiger partial charge in [0.1, 0.15) is 0 Å². The fourth-order valence-electron chi connectivity index (χ4n) is 1.63. The monoisotopic (exact) mass is 243 g/mol. The van der Waals surface area contributed by atoms with Crippen molar-refractivity contribution in [2.75, 3.05) is 19.7 Å². The molecule has 2 unspecified atom stereocenters. The van der Waals surface area contributed by atoms with Crippen molar-refractivity contribution in [3.8, 4) is 0 Å². The van der Waals surface area contributed by atoms with Crippen LogP contribution in [0, 0.1) is 0 Å². The van der Waals surface area contributed by atoms with Gasteiger partial charge in [0.05, 0.1) is 12.1 Å². The van der Waals surface area contributed by atoms with Crippen LogP contribution in [0.25, 0.3) is 0 Å². The molecule has 6 nitrogen and oxygen atoms in total. The first-order chi connectivity index (χ1) is 8.13. The van der Waals surface area contributed by atoms with Crippen molar-refractivity contribution in [2.24, 2.45) is 0 Å². The molecule has 1 heterocycles. The van der Waals surface area contributed by atoms with Crippen LogP contribution in [0.3, 0.4) is 0 Å². The van der Waals surface area contributed by atoms with E-state index in [9.17, 15) is 9.59 Å². The Labute approximate surface area is 101 Å². The highest BCUT2D eigenvalue weighted by Crippen LogP contribution is 2.10. The van der Waals surface area contributed by atoms with Gasteiger partial charge in [0.2, 0.25) is 5.91 Å². The van der Waals surface area contributed by atoms with Gasteiger partial charge in [-0.15, -0.1) is 0 Å². The molecule has 3 N–H and O–H groups in total. The minimum absolute atomic E-state index is 0.190. The van der Waals surface area contributed by atoms with Crippen molar-refractivity contribution in [2.45, 2.75) is 38.8 Å². The number of carbonyl (C=O) groups is 2. The first-order valence-electron chi connectivity index (χ1n) is 6.07. The topological polar surface area (TPSA) is 79.5 Å². The molecule has 0 spiro atoms. The van der Waals surface area contributed by atoms with Gasteiger partial charge in [0.15, 0.2) is 0 Å². The summed E-state index contributed by atoms with van der Waals surface area (Å²) in [6.07, 6.45) is 2.29. The van der Waals surface area contributed by atoms with Crippen molar-refractivity contribution in [1.82, 2.24) is 16.0 Å². The van der Waals surface area contributed by atoms with Crippen molar-refractivity contribution in [3.05, 3.63) is 0 Å². The molecule has 0 saturated carbocycles. The molecule has 0 aliphatic carbocycles. The lowest BCUT2D eigenvalue weighted by Crippen LogP contribution is -2.49. The molecular formula is C11H21N3O3. The molecule has 3 amide bonds. The Morgan fingerprint density at radius 3 is 2.82 bits per heavy atom. The summed E-state index contributed by atoms with van der Waals surface area (Å²) in [7, 11) is 0. The number of rotatable bonds is 5. The Bertz CT molecular complexity index is 265. The lowest BCUT2D eigenvalue weighted by molar-refractivity contribution is -0.121. The number of ether oxygens (including phenoxy) is 1. The highest BCUT2D eigenvalue weighted by Gasteiger charge is 2.19. The van der Waals surface area contributed by atoms with E-state index in [4.69, 9.17) is 4.74 Å². The number of nitrogens with one attached hydrogen (secondary N) is 3. The fraction of sp³-hybridized carbons (Fsp3) is 0.818. The summed E-state index contributed by atoms with van der Waals surface area (Å²) < 4.78 is 5.43. The van der Waals surface area contributed by atoms with E-state index >= 15 is 0 Å². The molecule has 17 heavy (non-hydrogen) atoms. The number of imide groups is 1. The predicted octanol–water partition coefficient (Wildman–Crippen LogP) is -0.0108. The molecule has 1 aliphatic heterocycles. The third-order valence-corrected chi connectivity index (χ3v) is 2.64. The lowest BCUT2D eigenvalue weighted by Gasteiger charge is -2.16. The molecule has 0 bridgehead atoms. The molecule has 98 valence electrons. The lowest BCUT2D eigenvalue weighted by atomic mass is 10.2. The molecule has 0 aromatic heterocycles. The third kappa shape index (κ3) is 5.14. The Kier molecular flexibility index (Phi) is 5.93. The zero-order valence-electron chi connectivity index (χ0n) is 10.4. The van der Waals surface area contributed by atoms with Crippen LogP contribution in [0.4, 0.5) is 4.79 Å². The first-order valence-corrected chi connectivity index (χ1v) is 6.07. The molecule has 0 aromatic rings. The summed E-state index contributed by atoms with van der Waals surface area (Å²) in [6, 6.07) is -0.856. The summed E-state index contributed by atoms with van der Waals surface area (Å²) in [5.74, 6) is -0.325. The summed E-state index contributed by atoms with van der Waals surface area (Å²) in [6.45, 7) is 5.46. The van der Waals surface area contributed by atoms with E-state index in [0.29, 0.717) is 13.1 Å². The first kappa shape index (κ1) is 13.9. The highest BCUT2D eigenvalue weighted by atomic mass is 16.5. The summed E-state index contributed by atoms with van der Waals surface area (Å²) in [4.78, 5) is 22.7. The van der Waals surface area contributed by atoms with Crippen LogP contribution in [0.2, 0.25) is 0 Å². The van der Waals surface area contributed by atoms with Gasteiger partial charge >= 0.3 is 6.03 Å². The Morgan fingerprint density at radius 1 is 1.47 bits per heavy atom. The SMILES string of the molecule is CCNC(=O)NC(=O)C(C)NCC1CCCO1. The Balaban J connectivity index is 2.19. The molecule has 1 aliphatic rings. The van der Waals surface area contributed by atoms with Gasteiger partial charge < -0.3 is 15.4 Å². The Hall–Kier alpha value is -1.14. The van der Waals surface area contributed by atoms with E-state index in [1.54, 1.807) is 13.8 Å². The van der Waals surface area contributed by atoms with Gasteiger partial charge in [0, 0.05) is 19.7 Å². The quantitative estimate of drug-likeness (QED) is 0.634. The van der Waals surface area contributed by atoms with Crippen molar-refractivity contribution < 1.29 is 14.3 Å². The van der Waals surface area contributed by atoms with Crippen molar-refractivity contribution >= 4 is 11.9 Å². The van der Waals surface area contributed by atoms with Crippen LogP contribution in [0.15, 0.2) is 0 Å². The molecule has 1 fully saturated rings. The maximum atomic E-state index is 11.6. The number of carbonyl (C=O) groups excluding carboxylic acids is 2. The second-order valence-electron chi connectivity index (χ2n) is 4.11. The minimum Gasteiger partial charge on any atom is -0.377 e. The number of hydrogen-bond acceptors (Lipinski definition) is 4. The van der Waals surface area contributed by atoms with Crippen molar-refractivity contribution in [3.63, 3.8) is 0 Å². The van der Waals surface area contributed by atoms with E-state index < -0.39 is 12.1 Å². The number of urea groups is 1. The second-order valence-corrected chi connectivity index (χ2v) is 4.11. The van der Waals surface area contributed by atoms with E-state index in [1.165, 1.54) is 0 Å². The van der Waals surface area contributed by atoms with Crippen LogP contribution in [0.5, 0.6) is 0 Å². The van der Waals surface area contributed by atoms with Crippen molar-refractivity contribution in [1.29, 1.82) is 0 Å². The van der Waals surface area contributed by atoms with Gasteiger partial charge in [-0.2, -0.15) is 0 Å². The average Bonchev–Trinajstić information content (AvgIpc) is 2.78. The average molecular weight is 243 g/mol. The summed E-state index contributed by atoms with van der Waals surface area (Å²) in [5, 5.41) is 7.82. The molecule has 1 rings (SSSR count). The van der Waals surface area contributed by atoms with Gasteiger partial charge in [0.25, 0.3) is 0 Å². The van der Waals surface area contributed by atoms with Crippen LogP contribution in [0.1, 0.15) is 26.7 Å². The van der Waals surface area contributed by atoms with E-state index in [-0.39, 0.29) is 12.0 Å². The van der Waals surface area contributed by atoms with Crippen LogP contribution in [-0.4, -0.2) is 43.8 Å². The normalized spacial score (nSPS) is 20.9. The van der Waals surface area contributed by atoms with Crippen LogP contribution in [-0.2, 0) is 9.53 Å². The maximum absolute atomic E-state index is 11.6. The van der Waals surface area contributed by atoms with E-state index in [0.717, 1.165) is 19.4 Å². The minimum atomic E-state index is -0.455. The van der Waals surface area contributed by atoms with Gasteiger partial charge in [-0.1, -0.05) is 0 Å². The zero-order valence-corrected chi connectivity index (χ0v) is 10.4. The van der Waals surface area contributed by atoms with E-state index in [1.807, 2.05) is 0 Å². The molecular weight excluding hydrogens is 222 g/mol. The van der Waals surface area contributed by atoms with E-state index in [2.05, 4.69) is 16.0 Å². The predicted molar refractivity (Wildman–Crippen MR) is 63.7 cm³/mol. The molecule has 6 heteroatoms. The van der Waals surface area contributed by atoms with Gasteiger partial charge in [-0.25, -0.2) is 4.79 Å². The molecule has 0 radical (unpaired) electrons. The summed E-state index contributed by atoms with van der Waals surface area (Å²) >= 11 is 0. The highest BCUT2D eigenvalue weighted by molar-refractivity contribution is 5.96. The smallest absolute Gasteiger partial charge is 0.321 e. The molecule has 2 atom stereocenters. The number of amides is 3. The van der Waals surface area contributed by atoms with Gasteiger partial charge in [-0.05, 0) is 26.7 Å². The fourth-order valence-corrected chi connectivity index (χ4v) is 1.63. The molecule has 0 aromatic carbocycles. The standard InChI is InChI=1S/C11H21N3O3/c1-3-12-11(16)14-10(15)8(2)13-7-9-5-4-6-17-9/h8-9,13H,3-7H2,1-2H3,(H2,12,14,15,16). The number of hydrogen-bond donors (Lipinski definition) is 3. The van der Waals surface area contributed by atoms with Gasteiger partial charge in [-0.3, -0.25) is 10.1 Å². The zero-order chi connectivity index (χ0) is 12.7. The third-order valence-electron chi connectivity index (χ3n) is 2.64. The largest absolute Gasteiger partial charge is 0.377 e. The van der Waals surface area contributed by atoms with Crippen LogP contribution < -0.4 is 16.0 Å². The summed E-state index contributed by atoms with van der Waals surface area (Å²) in [5.41, 5.74) is 0. The Morgan fingerprint density at radius 2 is 2.24 bits per heavy atom. The molecule has 1 saturated heterocycles. The van der Waals surface area contributed by atoms with Crippen LogP contribution >= 0.6 is 0 Å². The second kappa shape index (κ2) is 7.24. The maximum Gasteiger partial charge on any atom is 0.321 e.